The topological polar surface area (TPSA) is 34.1 Å². The number of anilines is 1. The van der Waals surface area contributed by atoms with Gasteiger partial charge in [-0.1, -0.05) is 13.0 Å². The van der Waals surface area contributed by atoms with Crippen LogP contribution >= 0.6 is 0 Å². The maximum atomic E-state index is 5.16. The quantitative estimate of drug-likeness (QED) is 0.716. The lowest BCUT2D eigenvalue weighted by Gasteiger charge is -2.16. The van der Waals surface area contributed by atoms with E-state index < -0.39 is 0 Å². The molecule has 3 heteroatoms. The molecule has 0 fully saturated rings. The van der Waals surface area contributed by atoms with E-state index >= 15 is 0 Å². The first-order chi connectivity index (χ1) is 7.80. The highest BCUT2D eigenvalue weighted by Gasteiger charge is 2.06. The van der Waals surface area contributed by atoms with Crippen LogP contribution in [0.5, 0.6) is 5.75 Å². The van der Waals surface area contributed by atoms with Gasteiger partial charge in [-0.25, -0.2) is 4.98 Å². The summed E-state index contributed by atoms with van der Waals surface area (Å²) in [5, 5.41) is 3.40. The van der Waals surface area contributed by atoms with Crippen LogP contribution in [0.15, 0.2) is 31.0 Å². The zero-order valence-corrected chi connectivity index (χ0v) is 10.1. The van der Waals surface area contributed by atoms with Crippen molar-refractivity contribution >= 4 is 5.82 Å². The molecule has 1 heterocycles. The SMILES string of the molecule is C=CCCC(CC)Nc1cc(OC)ccn1. The van der Waals surface area contributed by atoms with Crippen molar-refractivity contribution in [2.45, 2.75) is 32.2 Å². The number of rotatable bonds is 7. The van der Waals surface area contributed by atoms with E-state index in [1.165, 1.54) is 0 Å². The first kappa shape index (κ1) is 12.6. The largest absolute Gasteiger partial charge is 0.497 e. The molecule has 0 aliphatic rings. The molecule has 16 heavy (non-hydrogen) atoms. The third kappa shape index (κ3) is 3.93. The molecule has 0 aliphatic heterocycles. The summed E-state index contributed by atoms with van der Waals surface area (Å²) < 4.78 is 5.16. The van der Waals surface area contributed by atoms with E-state index in [1.807, 2.05) is 18.2 Å². The summed E-state index contributed by atoms with van der Waals surface area (Å²) >= 11 is 0. The lowest BCUT2D eigenvalue weighted by molar-refractivity contribution is 0.414. The summed E-state index contributed by atoms with van der Waals surface area (Å²) in [6.45, 7) is 5.91. The van der Waals surface area contributed by atoms with Gasteiger partial charge in [-0.05, 0) is 25.3 Å². The van der Waals surface area contributed by atoms with Gasteiger partial charge in [0, 0.05) is 18.3 Å². The molecule has 0 aliphatic carbocycles. The molecular formula is C13H20N2O. The molecule has 0 saturated carbocycles. The molecule has 3 nitrogen and oxygen atoms in total. The van der Waals surface area contributed by atoms with Gasteiger partial charge in [0.25, 0.3) is 0 Å². The van der Waals surface area contributed by atoms with E-state index in [4.69, 9.17) is 4.74 Å². The minimum Gasteiger partial charge on any atom is -0.497 e. The molecule has 0 radical (unpaired) electrons. The second-order valence-corrected chi connectivity index (χ2v) is 3.70. The molecule has 1 N–H and O–H groups in total. The zero-order valence-electron chi connectivity index (χ0n) is 10.1. The molecule has 0 amide bonds. The van der Waals surface area contributed by atoms with Crippen LogP contribution in [0.1, 0.15) is 26.2 Å². The number of ether oxygens (including phenoxy) is 1. The van der Waals surface area contributed by atoms with E-state index in [0.29, 0.717) is 6.04 Å². The maximum Gasteiger partial charge on any atom is 0.129 e. The average Bonchev–Trinajstić information content (AvgIpc) is 2.34. The van der Waals surface area contributed by atoms with Crippen molar-refractivity contribution in [3.8, 4) is 5.75 Å². The number of nitrogens with zero attached hydrogens (tertiary/aromatic N) is 1. The fourth-order valence-electron chi connectivity index (χ4n) is 1.52. The molecule has 1 unspecified atom stereocenters. The monoisotopic (exact) mass is 220 g/mol. The molecule has 88 valence electrons. The Kier molecular flexibility index (Phi) is 5.40. The second kappa shape index (κ2) is 6.88. The Balaban J connectivity index is 2.58. The Labute approximate surface area is 97.5 Å². The van der Waals surface area contributed by atoms with Crippen LogP contribution in [0.3, 0.4) is 0 Å². The summed E-state index contributed by atoms with van der Waals surface area (Å²) in [5.41, 5.74) is 0. The first-order valence-electron chi connectivity index (χ1n) is 5.67. The maximum absolute atomic E-state index is 5.16. The number of aromatic nitrogens is 1. The molecule has 0 spiro atoms. The number of nitrogens with one attached hydrogen (secondary N) is 1. The predicted molar refractivity (Wildman–Crippen MR) is 67.9 cm³/mol. The predicted octanol–water partition coefficient (Wildman–Crippen LogP) is 3.25. The standard InChI is InChI=1S/C13H20N2O/c1-4-6-7-11(5-2)15-13-10-12(16-3)8-9-14-13/h4,8-11H,1,5-7H2,2-3H3,(H,14,15). The highest BCUT2D eigenvalue weighted by atomic mass is 16.5. The van der Waals surface area contributed by atoms with Crippen LogP contribution in [0.2, 0.25) is 0 Å². The van der Waals surface area contributed by atoms with Gasteiger partial charge < -0.3 is 10.1 Å². The Hall–Kier alpha value is -1.51. The van der Waals surface area contributed by atoms with Crippen molar-refractivity contribution in [2.24, 2.45) is 0 Å². The van der Waals surface area contributed by atoms with Gasteiger partial charge in [-0.15, -0.1) is 6.58 Å². The van der Waals surface area contributed by atoms with E-state index in [9.17, 15) is 0 Å². The number of hydrogen-bond acceptors (Lipinski definition) is 3. The first-order valence-corrected chi connectivity index (χ1v) is 5.67. The average molecular weight is 220 g/mol. The van der Waals surface area contributed by atoms with E-state index in [-0.39, 0.29) is 0 Å². The Morgan fingerprint density at radius 2 is 2.44 bits per heavy atom. The molecular weight excluding hydrogens is 200 g/mol. The van der Waals surface area contributed by atoms with Gasteiger partial charge in [-0.2, -0.15) is 0 Å². The lowest BCUT2D eigenvalue weighted by Crippen LogP contribution is -2.18. The fourth-order valence-corrected chi connectivity index (χ4v) is 1.52. The van der Waals surface area contributed by atoms with Crippen LogP contribution in [0.25, 0.3) is 0 Å². The summed E-state index contributed by atoms with van der Waals surface area (Å²) in [6, 6.07) is 4.20. The van der Waals surface area contributed by atoms with E-state index in [1.54, 1.807) is 13.3 Å². The number of pyridine rings is 1. The minimum absolute atomic E-state index is 0.442. The fraction of sp³-hybridized carbons (Fsp3) is 0.462. The van der Waals surface area contributed by atoms with E-state index in [0.717, 1.165) is 30.8 Å². The van der Waals surface area contributed by atoms with Gasteiger partial charge >= 0.3 is 0 Å². The Morgan fingerprint density at radius 1 is 1.62 bits per heavy atom. The smallest absolute Gasteiger partial charge is 0.129 e. The van der Waals surface area contributed by atoms with Gasteiger partial charge in [0.2, 0.25) is 0 Å². The van der Waals surface area contributed by atoms with Gasteiger partial charge in [-0.3, -0.25) is 0 Å². The third-order valence-corrected chi connectivity index (χ3v) is 2.53. The van der Waals surface area contributed by atoms with Crippen molar-refractivity contribution < 1.29 is 4.74 Å². The van der Waals surface area contributed by atoms with Crippen molar-refractivity contribution in [1.29, 1.82) is 0 Å². The highest BCUT2D eigenvalue weighted by Crippen LogP contribution is 2.16. The highest BCUT2D eigenvalue weighted by molar-refractivity contribution is 5.41. The van der Waals surface area contributed by atoms with Gasteiger partial charge in [0.15, 0.2) is 0 Å². The van der Waals surface area contributed by atoms with Crippen LogP contribution in [0, 0.1) is 0 Å². The van der Waals surface area contributed by atoms with Crippen LogP contribution in [-0.4, -0.2) is 18.1 Å². The number of hydrogen-bond donors (Lipinski definition) is 1. The molecule has 0 saturated heterocycles. The molecule has 1 aromatic heterocycles. The van der Waals surface area contributed by atoms with Crippen molar-refractivity contribution in [3.63, 3.8) is 0 Å². The summed E-state index contributed by atoms with van der Waals surface area (Å²) in [5.74, 6) is 1.70. The number of allylic oxidation sites excluding steroid dienone is 1. The van der Waals surface area contributed by atoms with Crippen LogP contribution in [0.4, 0.5) is 5.82 Å². The molecule has 1 atom stereocenters. The summed E-state index contributed by atoms with van der Waals surface area (Å²) in [6.07, 6.45) is 6.88. The summed E-state index contributed by atoms with van der Waals surface area (Å²) in [4.78, 5) is 4.27. The zero-order chi connectivity index (χ0) is 11.8. The van der Waals surface area contributed by atoms with Crippen molar-refractivity contribution in [1.82, 2.24) is 4.98 Å². The normalized spacial score (nSPS) is 11.9. The molecule has 1 aromatic rings. The Morgan fingerprint density at radius 3 is 3.06 bits per heavy atom. The van der Waals surface area contributed by atoms with Crippen molar-refractivity contribution in [2.75, 3.05) is 12.4 Å². The number of methoxy groups -OCH3 is 1. The second-order valence-electron chi connectivity index (χ2n) is 3.70. The third-order valence-electron chi connectivity index (χ3n) is 2.53. The lowest BCUT2D eigenvalue weighted by atomic mass is 10.1. The van der Waals surface area contributed by atoms with Gasteiger partial charge in [0.05, 0.1) is 7.11 Å². The minimum atomic E-state index is 0.442. The van der Waals surface area contributed by atoms with Crippen LogP contribution in [-0.2, 0) is 0 Å². The molecule has 0 aromatic carbocycles. The van der Waals surface area contributed by atoms with Crippen molar-refractivity contribution in [3.05, 3.63) is 31.0 Å². The molecule has 1 rings (SSSR count). The van der Waals surface area contributed by atoms with Gasteiger partial charge in [0.1, 0.15) is 11.6 Å². The Bertz CT molecular complexity index is 325. The van der Waals surface area contributed by atoms with E-state index in [2.05, 4.69) is 23.8 Å². The van der Waals surface area contributed by atoms with Crippen LogP contribution < -0.4 is 10.1 Å². The molecule has 0 bridgehead atoms. The summed E-state index contributed by atoms with van der Waals surface area (Å²) in [7, 11) is 1.66.